The molecule has 0 aliphatic rings. The van der Waals surface area contributed by atoms with Gasteiger partial charge in [-0.3, -0.25) is 4.79 Å². The second kappa shape index (κ2) is 7.02. The third-order valence-electron chi connectivity index (χ3n) is 2.71. The predicted octanol–water partition coefficient (Wildman–Crippen LogP) is 2.20. The number of nitrogens with two attached hydrogens (primary N) is 1. The molecule has 0 bridgehead atoms. The van der Waals surface area contributed by atoms with Crippen molar-refractivity contribution in [3.8, 4) is 0 Å². The van der Waals surface area contributed by atoms with Crippen molar-refractivity contribution in [2.75, 3.05) is 25.5 Å². The van der Waals surface area contributed by atoms with Crippen molar-refractivity contribution < 1.29 is 9.53 Å². The highest BCUT2D eigenvalue weighted by Gasteiger charge is 2.16. The fourth-order valence-electron chi connectivity index (χ4n) is 1.71. The van der Waals surface area contributed by atoms with Crippen LogP contribution in [0.4, 0.5) is 5.69 Å². The zero-order chi connectivity index (χ0) is 14.4. The Morgan fingerprint density at radius 2 is 2.40 bits per heavy atom. The molecular weight excluding hydrogens is 274 g/mol. The van der Waals surface area contributed by atoms with Crippen LogP contribution in [0.25, 0.3) is 10.2 Å². The largest absolute Gasteiger partial charge is 0.397 e. The lowest BCUT2D eigenvalue weighted by Crippen LogP contribution is -2.27. The number of carbonyl (C=O) groups is 1. The van der Waals surface area contributed by atoms with E-state index in [9.17, 15) is 4.79 Å². The summed E-state index contributed by atoms with van der Waals surface area (Å²) in [5.74, 6) is -0.183. The highest BCUT2D eigenvalue weighted by atomic mass is 32.1. The summed E-state index contributed by atoms with van der Waals surface area (Å²) in [7, 11) is 0. The summed E-state index contributed by atoms with van der Waals surface area (Å²) in [6.45, 7) is 5.16. The molecule has 2 rings (SSSR count). The molecule has 2 aromatic heterocycles. The van der Waals surface area contributed by atoms with Crippen molar-refractivity contribution in [1.29, 1.82) is 0 Å². The van der Waals surface area contributed by atoms with Crippen LogP contribution in [0.3, 0.4) is 0 Å². The van der Waals surface area contributed by atoms with E-state index >= 15 is 0 Å². The molecule has 2 heterocycles. The van der Waals surface area contributed by atoms with Gasteiger partial charge in [0.1, 0.15) is 9.71 Å². The van der Waals surface area contributed by atoms with E-state index in [2.05, 4.69) is 16.9 Å². The zero-order valence-electron chi connectivity index (χ0n) is 11.1. The van der Waals surface area contributed by atoms with Crippen LogP contribution in [0, 0.1) is 0 Å². The van der Waals surface area contributed by atoms with E-state index in [1.54, 1.807) is 18.3 Å². The molecular formula is C14H17N3O2S. The molecule has 0 aliphatic carbocycles. The van der Waals surface area contributed by atoms with Gasteiger partial charge >= 0.3 is 0 Å². The first-order valence-electron chi connectivity index (χ1n) is 6.34. The van der Waals surface area contributed by atoms with Crippen molar-refractivity contribution in [2.24, 2.45) is 0 Å². The fourth-order valence-corrected chi connectivity index (χ4v) is 2.69. The molecule has 0 atom stereocenters. The third kappa shape index (κ3) is 3.34. The summed E-state index contributed by atoms with van der Waals surface area (Å²) in [6, 6.07) is 3.67. The van der Waals surface area contributed by atoms with Gasteiger partial charge in [-0.25, -0.2) is 4.98 Å². The molecule has 3 N–H and O–H groups in total. The maximum atomic E-state index is 12.0. The molecule has 1 amide bonds. The van der Waals surface area contributed by atoms with Gasteiger partial charge in [0, 0.05) is 18.1 Å². The van der Waals surface area contributed by atoms with E-state index < -0.39 is 0 Å². The number of carbonyl (C=O) groups excluding carboxylic acids is 1. The van der Waals surface area contributed by atoms with Crippen molar-refractivity contribution in [3.05, 3.63) is 35.9 Å². The molecule has 2 aromatic rings. The lowest BCUT2D eigenvalue weighted by Gasteiger charge is -2.05. The maximum Gasteiger partial charge on any atom is 0.263 e. The van der Waals surface area contributed by atoms with Gasteiger partial charge in [-0.05, 0) is 18.6 Å². The first-order valence-corrected chi connectivity index (χ1v) is 7.15. The van der Waals surface area contributed by atoms with Gasteiger partial charge in [0.15, 0.2) is 0 Å². The minimum atomic E-state index is -0.183. The van der Waals surface area contributed by atoms with Gasteiger partial charge in [0.05, 0.1) is 18.9 Å². The fraction of sp³-hybridized carbons (Fsp3) is 0.286. The molecule has 0 saturated carbocycles. The third-order valence-corrected chi connectivity index (χ3v) is 3.84. The normalized spacial score (nSPS) is 10.6. The van der Waals surface area contributed by atoms with Crippen LogP contribution in [-0.2, 0) is 4.74 Å². The molecule has 0 radical (unpaired) electrons. The monoisotopic (exact) mass is 291 g/mol. The van der Waals surface area contributed by atoms with E-state index in [4.69, 9.17) is 10.5 Å². The molecule has 0 fully saturated rings. The Balaban J connectivity index is 1.91. The second-order valence-electron chi connectivity index (χ2n) is 4.15. The van der Waals surface area contributed by atoms with Crippen LogP contribution in [-0.4, -0.2) is 30.6 Å². The number of rotatable bonds is 7. The molecule has 20 heavy (non-hydrogen) atoms. The number of thiophene rings is 1. The molecule has 106 valence electrons. The van der Waals surface area contributed by atoms with Crippen LogP contribution >= 0.6 is 11.3 Å². The molecule has 5 nitrogen and oxygen atoms in total. The van der Waals surface area contributed by atoms with Crippen LogP contribution in [0.5, 0.6) is 0 Å². The number of amides is 1. The Morgan fingerprint density at radius 3 is 3.15 bits per heavy atom. The maximum absolute atomic E-state index is 12.0. The Bertz CT molecular complexity index is 609. The van der Waals surface area contributed by atoms with E-state index in [0.717, 1.165) is 16.6 Å². The van der Waals surface area contributed by atoms with Crippen molar-refractivity contribution in [2.45, 2.75) is 6.42 Å². The Morgan fingerprint density at radius 1 is 1.55 bits per heavy atom. The van der Waals surface area contributed by atoms with E-state index in [1.165, 1.54) is 11.3 Å². The average molecular weight is 291 g/mol. The highest BCUT2D eigenvalue weighted by molar-refractivity contribution is 7.21. The lowest BCUT2D eigenvalue weighted by atomic mass is 10.2. The minimum absolute atomic E-state index is 0.183. The topological polar surface area (TPSA) is 77.2 Å². The molecule has 0 saturated heterocycles. The van der Waals surface area contributed by atoms with Crippen LogP contribution < -0.4 is 11.1 Å². The number of nitrogen functional groups attached to an aromatic ring is 1. The number of fused-ring (bicyclic) bond motifs is 1. The first kappa shape index (κ1) is 14.5. The number of nitrogens with zero attached hydrogens (tertiary/aromatic N) is 1. The van der Waals surface area contributed by atoms with Gasteiger partial charge < -0.3 is 15.8 Å². The average Bonchev–Trinajstić information content (AvgIpc) is 2.80. The molecule has 0 aromatic carbocycles. The number of nitrogens with one attached hydrogen (secondary N) is 1. The van der Waals surface area contributed by atoms with Crippen molar-refractivity contribution >= 4 is 33.1 Å². The smallest absolute Gasteiger partial charge is 0.263 e. The lowest BCUT2D eigenvalue weighted by molar-refractivity contribution is 0.0922. The van der Waals surface area contributed by atoms with E-state index in [1.807, 2.05) is 6.07 Å². The zero-order valence-corrected chi connectivity index (χ0v) is 11.9. The highest BCUT2D eigenvalue weighted by Crippen LogP contribution is 2.31. The summed E-state index contributed by atoms with van der Waals surface area (Å²) in [5, 5.41) is 3.61. The number of anilines is 1. The standard InChI is InChI=1S/C14H17N3O2S/c1-2-3-8-19-9-7-16-13(18)12-11(15)10-5-4-6-17-14(10)20-12/h2,4-6H,1,3,7-9,15H2,(H,16,18). The van der Waals surface area contributed by atoms with E-state index in [-0.39, 0.29) is 5.91 Å². The number of hydrogen-bond donors (Lipinski definition) is 2. The SMILES string of the molecule is C=CCCOCCNC(=O)c1sc2ncccc2c1N. The molecule has 6 heteroatoms. The van der Waals surface area contributed by atoms with Gasteiger partial charge in [0.2, 0.25) is 0 Å². The molecule has 0 aliphatic heterocycles. The van der Waals surface area contributed by atoms with Crippen LogP contribution in [0.1, 0.15) is 16.1 Å². The minimum Gasteiger partial charge on any atom is -0.397 e. The molecule has 0 spiro atoms. The Hall–Kier alpha value is -1.92. The Labute approximate surface area is 121 Å². The summed E-state index contributed by atoms with van der Waals surface area (Å²) < 4.78 is 5.32. The summed E-state index contributed by atoms with van der Waals surface area (Å²) in [4.78, 5) is 17.5. The van der Waals surface area contributed by atoms with Gasteiger partial charge in [-0.15, -0.1) is 17.9 Å². The predicted molar refractivity (Wildman–Crippen MR) is 82.0 cm³/mol. The van der Waals surface area contributed by atoms with Crippen LogP contribution in [0.2, 0.25) is 0 Å². The van der Waals surface area contributed by atoms with Crippen LogP contribution in [0.15, 0.2) is 31.0 Å². The first-order chi connectivity index (χ1) is 9.74. The van der Waals surface area contributed by atoms with Gasteiger partial charge in [-0.1, -0.05) is 6.08 Å². The number of aromatic nitrogens is 1. The summed E-state index contributed by atoms with van der Waals surface area (Å²) in [5.41, 5.74) is 6.47. The quantitative estimate of drug-likeness (QED) is 0.605. The number of hydrogen-bond acceptors (Lipinski definition) is 5. The van der Waals surface area contributed by atoms with Gasteiger partial charge in [-0.2, -0.15) is 0 Å². The number of ether oxygens (including phenoxy) is 1. The van der Waals surface area contributed by atoms with Crippen molar-refractivity contribution in [3.63, 3.8) is 0 Å². The molecule has 0 unspecified atom stereocenters. The summed E-state index contributed by atoms with van der Waals surface area (Å²) >= 11 is 1.30. The van der Waals surface area contributed by atoms with Crippen molar-refractivity contribution in [1.82, 2.24) is 10.3 Å². The number of pyridine rings is 1. The summed E-state index contributed by atoms with van der Waals surface area (Å²) in [6.07, 6.45) is 4.29. The van der Waals surface area contributed by atoms with E-state index in [0.29, 0.717) is 30.3 Å². The van der Waals surface area contributed by atoms with Gasteiger partial charge in [0.25, 0.3) is 5.91 Å². The second-order valence-corrected chi connectivity index (χ2v) is 5.15. The Kier molecular flexibility index (Phi) is 5.09.